The Labute approximate surface area is 153 Å². The first kappa shape index (κ1) is 20.0. The quantitative estimate of drug-likeness (QED) is 0.585. The lowest BCUT2D eigenvalue weighted by Crippen LogP contribution is -2.20. The van der Waals surface area contributed by atoms with Gasteiger partial charge in [-0.05, 0) is 48.4 Å². The highest BCUT2D eigenvalue weighted by molar-refractivity contribution is 5.94. The van der Waals surface area contributed by atoms with Gasteiger partial charge in [0.05, 0.1) is 5.69 Å². The van der Waals surface area contributed by atoms with Crippen LogP contribution in [0.1, 0.15) is 11.1 Å². The molecule has 1 N–H and O–H groups in total. The summed E-state index contributed by atoms with van der Waals surface area (Å²) in [5, 5.41) is 2.30. The molecule has 2 aromatic rings. The highest BCUT2D eigenvalue weighted by Gasteiger charge is 2.09. The molecule has 0 aliphatic carbocycles. The Balaban J connectivity index is 1.81. The lowest BCUT2D eigenvalue weighted by Gasteiger charge is -2.07. The number of alkyl halides is 2. The molecule has 0 radical (unpaired) electrons. The number of hydrogen-bond donors (Lipinski definition) is 1. The molecule has 0 aromatic heterocycles. The van der Waals surface area contributed by atoms with Gasteiger partial charge in [0.2, 0.25) is 0 Å². The van der Waals surface area contributed by atoms with Crippen molar-refractivity contribution in [2.24, 2.45) is 0 Å². The molecule has 0 bridgehead atoms. The summed E-state index contributed by atoms with van der Waals surface area (Å²) < 4.78 is 46.7. The number of amides is 1. The van der Waals surface area contributed by atoms with Crippen LogP contribution in [0.5, 0.6) is 5.75 Å². The Hall–Kier alpha value is -3.29. The third kappa shape index (κ3) is 6.85. The van der Waals surface area contributed by atoms with Gasteiger partial charge in [0.15, 0.2) is 6.61 Å². The van der Waals surface area contributed by atoms with E-state index in [1.807, 2.05) is 0 Å². The van der Waals surface area contributed by atoms with Crippen molar-refractivity contribution >= 4 is 23.6 Å². The molecular formula is C19H16F3NO4. The fourth-order valence-corrected chi connectivity index (χ4v) is 2.02. The number of carbonyl (C=O) groups is 2. The van der Waals surface area contributed by atoms with E-state index in [1.54, 1.807) is 13.0 Å². The van der Waals surface area contributed by atoms with E-state index in [0.29, 0.717) is 11.1 Å². The number of ether oxygens (including phenoxy) is 2. The summed E-state index contributed by atoms with van der Waals surface area (Å²) in [6, 6.07) is 9.88. The van der Waals surface area contributed by atoms with Crippen LogP contribution in [0, 0.1) is 12.7 Å². The number of hydrogen-bond acceptors (Lipinski definition) is 4. The summed E-state index contributed by atoms with van der Waals surface area (Å²) >= 11 is 0. The second kappa shape index (κ2) is 9.42. The van der Waals surface area contributed by atoms with E-state index in [4.69, 9.17) is 4.74 Å². The number of nitrogens with one attached hydrogen (secondary N) is 1. The van der Waals surface area contributed by atoms with Crippen LogP contribution in [0.25, 0.3) is 6.08 Å². The van der Waals surface area contributed by atoms with Crippen molar-refractivity contribution in [3.8, 4) is 5.75 Å². The van der Waals surface area contributed by atoms with Crippen LogP contribution in [0.4, 0.5) is 18.9 Å². The molecule has 8 heteroatoms. The maximum atomic E-state index is 13.6. The van der Waals surface area contributed by atoms with E-state index in [2.05, 4.69) is 10.1 Å². The number of benzene rings is 2. The Bertz CT molecular complexity index is 835. The Morgan fingerprint density at radius 1 is 1.15 bits per heavy atom. The predicted octanol–water partition coefficient (Wildman–Crippen LogP) is 3.93. The average molecular weight is 379 g/mol. The lowest BCUT2D eigenvalue weighted by atomic mass is 10.2. The number of rotatable bonds is 7. The van der Waals surface area contributed by atoms with Gasteiger partial charge in [-0.1, -0.05) is 18.2 Å². The van der Waals surface area contributed by atoms with Crippen LogP contribution in [0.3, 0.4) is 0 Å². The standard InChI is InChI=1S/C19H16F3NO4/c1-12-2-8-16(15(20)10-12)23-17(24)11-26-18(25)9-5-13-3-6-14(7-4-13)27-19(21)22/h2-10,19H,11H2,1H3,(H,23,24)/b9-5+. The van der Waals surface area contributed by atoms with Crippen LogP contribution in [0.15, 0.2) is 48.5 Å². The zero-order chi connectivity index (χ0) is 19.8. The van der Waals surface area contributed by atoms with E-state index in [-0.39, 0.29) is 11.4 Å². The van der Waals surface area contributed by atoms with Gasteiger partial charge in [-0.25, -0.2) is 9.18 Å². The lowest BCUT2D eigenvalue weighted by molar-refractivity contribution is -0.142. The predicted molar refractivity (Wildman–Crippen MR) is 92.8 cm³/mol. The molecule has 2 aromatic carbocycles. The molecule has 0 heterocycles. The van der Waals surface area contributed by atoms with Gasteiger partial charge in [0.1, 0.15) is 11.6 Å². The monoisotopic (exact) mass is 379 g/mol. The van der Waals surface area contributed by atoms with Crippen molar-refractivity contribution in [1.29, 1.82) is 0 Å². The van der Waals surface area contributed by atoms with Crippen LogP contribution in [-0.2, 0) is 14.3 Å². The van der Waals surface area contributed by atoms with Gasteiger partial charge in [0.25, 0.3) is 5.91 Å². The SMILES string of the molecule is Cc1ccc(NC(=O)COC(=O)/C=C/c2ccc(OC(F)F)cc2)c(F)c1. The van der Waals surface area contributed by atoms with Gasteiger partial charge in [-0.3, -0.25) is 4.79 Å². The summed E-state index contributed by atoms with van der Waals surface area (Å²) in [5.74, 6) is -2.07. The molecule has 0 aliphatic heterocycles. The molecule has 2 rings (SSSR count). The van der Waals surface area contributed by atoms with Gasteiger partial charge in [-0.15, -0.1) is 0 Å². The van der Waals surface area contributed by atoms with E-state index < -0.39 is 30.9 Å². The topological polar surface area (TPSA) is 64.6 Å². The maximum absolute atomic E-state index is 13.6. The molecule has 0 aliphatic rings. The fourth-order valence-electron chi connectivity index (χ4n) is 2.02. The first-order valence-electron chi connectivity index (χ1n) is 7.79. The van der Waals surface area contributed by atoms with Gasteiger partial charge in [-0.2, -0.15) is 8.78 Å². The molecule has 0 spiro atoms. The summed E-state index contributed by atoms with van der Waals surface area (Å²) in [5.41, 5.74) is 1.24. The summed E-state index contributed by atoms with van der Waals surface area (Å²) in [7, 11) is 0. The molecule has 0 saturated carbocycles. The van der Waals surface area contributed by atoms with Gasteiger partial charge < -0.3 is 14.8 Å². The van der Waals surface area contributed by atoms with Gasteiger partial charge in [0, 0.05) is 6.08 Å². The number of halogens is 3. The number of aryl methyl sites for hydroxylation is 1. The second-order valence-electron chi connectivity index (χ2n) is 5.42. The first-order chi connectivity index (χ1) is 12.8. The minimum Gasteiger partial charge on any atom is -0.452 e. The zero-order valence-electron chi connectivity index (χ0n) is 14.2. The minimum absolute atomic E-state index is 0.00950. The van der Waals surface area contributed by atoms with Gasteiger partial charge >= 0.3 is 12.6 Å². The van der Waals surface area contributed by atoms with E-state index >= 15 is 0 Å². The highest BCUT2D eigenvalue weighted by Crippen LogP contribution is 2.16. The Morgan fingerprint density at radius 3 is 2.48 bits per heavy atom. The van der Waals surface area contributed by atoms with Crippen LogP contribution < -0.4 is 10.1 Å². The van der Waals surface area contributed by atoms with E-state index in [1.165, 1.54) is 42.5 Å². The minimum atomic E-state index is -2.92. The molecule has 0 unspecified atom stereocenters. The average Bonchev–Trinajstić information content (AvgIpc) is 2.61. The molecule has 27 heavy (non-hydrogen) atoms. The van der Waals surface area contributed by atoms with Crippen LogP contribution >= 0.6 is 0 Å². The number of carbonyl (C=O) groups excluding carboxylic acids is 2. The molecule has 1 amide bonds. The maximum Gasteiger partial charge on any atom is 0.387 e. The van der Waals surface area contributed by atoms with Crippen LogP contribution in [-0.4, -0.2) is 25.1 Å². The zero-order valence-corrected chi connectivity index (χ0v) is 14.2. The van der Waals surface area contributed by atoms with Crippen molar-refractivity contribution in [2.75, 3.05) is 11.9 Å². The number of anilines is 1. The molecule has 142 valence electrons. The fraction of sp³-hybridized carbons (Fsp3) is 0.158. The van der Waals surface area contributed by atoms with E-state index in [0.717, 1.165) is 6.08 Å². The Morgan fingerprint density at radius 2 is 1.85 bits per heavy atom. The molecule has 0 saturated heterocycles. The molecular weight excluding hydrogens is 363 g/mol. The smallest absolute Gasteiger partial charge is 0.387 e. The highest BCUT2D eigenvalue weighted by atomic mass is 19.3. The summed E-state index contributed by atoms with van der Waals surface area (Å²) in [6.45, 7) is -1.79. The molecule has 0 atom stereocenters. The van der Waals surface area contributed by atoms with E-state index in [9.17, 15) is 22.8 Å². The van der Waals surface area contributed by atoms with Crippen LogP contribution in [0.2, 0.25) is 0 Å². The van der Waals surface area contributed by atoms with Crippen molar-refractivity contribution in [2.45, 2.75) is 13.5 Å². The summed E-state index contributed by atoms with van der Waals surface area (Å²) in [4.78, 5) is 23.3. The molecule has 0 fully saturated rings. The third-order valence-electron chi connectivity index (χ3n) is 3.26. The van der Waals surface area contributed by atoms with Crippen molar-refractivity contribution in [1.82, 2.24) is 0 Å². The normalized spacial score (nSPS) is 10.9. The largest absolute Gasteiger partial charge is 0.452 e. The van der Waals surface area contributed by atoms with Crippen molar-refractivity contribution < 1.29 is 32.2 Å². The van der Waals surface area contributed by atoms with Crippen molar-refractivity contribution in [3.05, 3.63) is 65.5 Å². The summed E-state index contributed by atoms with van der Waals surface area (Å²) in [6.07, 6.45) is 2.45. The number of esters is 1. The van der Waals surface area contributed by atoms with Crippen molar-refractivity contribution in [3.63, 3.8) is 0 Å². The third-order valence-corrected chi connectivity index (χ3v) is 3.26. The first-order valence-corrected chi connectivity index (χ1v) is 7.79. The second-order valence-corrected chi connectivity index (χ2v) is 5.42. The Kier molecular flexibility index (Phi) is 6.99. The molecule has 5 nitrogen and oxygen atoms in total.